The fourth-order valence-corrected chi connectivity index (χ4v) is 2.08. The molecule has 0 aromatic carbocycles. The van der Waals surface area contributed by atoms with Gasteiger partial charge in [-0.25, -0.2) is 15.8 Å². The molecule has 0 bridgehead atoms. The zero-order valence-electron chi connectivity index (χ0n) is 8.67. The van der Waals surface area contributed by atoms with Gasteiger partial charge in [0.1, 0.15) is 0 Å². The summed E-state index contributed by atoms with van der Waals surface area (Å²) >= 11 is 0. The Morgan fingerprint density at radius 1 is 1.50 bits per heavy atom. The van der Waals surface area contributed by atoms with Crippen molar-refractivity contribution in [1.82, 2.24) is 9.97 Å². The van der Waals surface area contributed by atoms with E-state index in [4.69, 9.17) is 5.84 Å². The molecule has 1 heterocycles. The van der Waals surface area contributed by atoms with E-state index in [1.54, 1.807) is 0 Å². The maximum atomic E-state index is 5.30. The predicted octanol–water partition coefficient (Wildman–Crippen LogP) is 1.38. The molecule has 0 radical (unpaired) electrons. The van der Waals surface area contributed by atoms with Crippen LogP contribution in [-0.4, -0.2) is 9.97 Å². The van der Waals surface area contributed by atoms with Crippen molar-refractivity contribution < 1.29 is 0 Å². The molecule has 4 heteroatoms. The third kappa shape index (κ3) is 1.46. The SMILES string of the molecule is CC1(C)CCCc2cnc(NN)nc21. The van der Waals surface area contributed by atoms with E-state index in [-0.39, 0.29) is 5.41 Å². The highest BCUT2D eigenvalue weighted by atomic mass is 15.3. The minimum Gasteiger partial charge on any atom is -0.292 e. The van der Waals surface area contributed by atoms with Crippen LogP contribution in [0.25, 0.3) is 0 Å². The number of nitrogens with one attached hydrogen (secondary N) is 1. The fourth-order valence-electron chi connectivity index (χ4n) is 2.08. The lowest BCUT2D eigenvalue weighted by molar-refractivity contribution is 0.417. The molecule has 1 aromatic rings. The predicted molar refractivity (Wildman–Crippen MR) is 55.8 cm³/mol. The van der Waals surface area contributed by atoms with Crippen LogP contribution in [0.5, 0.6) is 0 Å². The molecule has 76 valence electrons. The molecule has 0 saturated carbocycles. The smallest absolute Gasteiger partial charge is 0.237 e. The second-order valence-corrected chi connectivity index (χ2v) is 4.45. The minimum atomic E-state index is 0.155. The van der Waals surface area contributed by atoms with Crippen LogP contribution in [0.1, 0.15) is 37.9 Å². The monoisotopic (exact) mass is 192 g/mol. The summed E-state index contributed by atoms with van der Waals surface area (Å²) in [6.07, 6.45) is 5.38. The number of nitrogen functional groups attached to an aromatic ring is 1. The van der Waals surface area contributed by atoms with Gasteiger partial charge in [0.25, 0.3) is 0 Å². The van der Waals surface area contributed by atoms with E-state index in [0.717, 1.165) is 12.1 Å². The van der Waals surface area contributed by atoms with Gasteiger partial charge in [-0.3, -0.25) is 5.43 Å². The van der Waals surface area contributed by atoms with Crippen molar-refractivity contribution in [3.8, 4) is 0 Å². The van der Waals surface area contributed by atoms with E-state index >= 15 is 0 Å². The zero-order chi connectivity index (χ0) is 10.2. The van der Waals surface area contributed by atoms with Gasteiger partial charge < -0.3 is 0 Å². The summed E-state index contributed by atoms with van der Waals surface area (Å²) in [4.78, 5) is 8.57. The number of aryl methyl sites for hydroxylation is 1. The molecule has 4 nitrogen and oxygen atoms in total. The Bertz CT molecular complexity index is 346. The molecular formula is C10H16N4. The normalized spacial score (nSPS) is 18.8. The summed E-state index contributed by atoms with van der Waals surface area (Å²) in [7, 11) is 0. The molecule has 0 saturated heterocycles. The molecule has 2 rings (SSSR count). The average molecular weight is 192 g/mol. The first-order valence-electron chi connectivity index (χ1n) is 4.96. The van der Waals surface area contributed by atoms with Crippen molar-refractivity contribution in [2.45, 2.75) is 38.5 Å². The first kappa shape index (κ1) is 9.40. The quantitative estimate of drug-likeness (QED) is 0.521. The highest BCUT2D eigenvalue weighted by Gasteiger charge is 2.29. The molecule has 0 atom stereocenters. The Balaban J connectivity index is 2.49. The van der Waals surface area contributed by atoms with Crippen LogP contribution in [-0.2, 0) is 11.8 Å². The number of rotatable bonds is 1. The van der Waals surface area contributed by atoms with Crippen molar-refractivity contribution in [2.75, 3.05) is 5.43 Å². The van der Waals surface area contributed by atoms with E-state index < -0.39 is 0 Å². The Kier molecular flexibility index (Phi) is 2.15. The Morgan fingerprint density at radius 2 is 2.29 bits per heavy atom. The van der Waals surface area contributed by atoms with Crippen molar-refractivity contribution in [3.63, 3.8) is 0 Å². The van der Waals surface area contributed by atoms with Gasteiger partial charge in [0.2, 0.25) is 5.95 Å². The van der Waals surface area contributed by atoms with Crippen LogP contribution in [0.2, 0.25) is 0 Å². The highest BCUT2D eigenvalue weighted by Crippen LogP contribution is 2.35. The number of hydrogen-bond acceptors (Lipinski definition) is 4. The Labute approximate surface area is 83.9 Å². The van der Waals surface area contributed by atoms with E-state index in [9.17, 15) is 0 Å². The standard InChI is InChI=1S/C10H16N4/c1-10(2)5-3-4-7-6-12-9(14-11)13-8(7)10/h6H,3-5,11H2,1-2H3,(H,12,13,14). The number of nitrogens with zero attached hydrogens (tertiary/aromatic N) is 2. The number of aromatic nitrogens is 2. The van der Waals surface area contributed by atoms with Crippen LogP contribution in [0.3, 0.4) is 0 Å². The molecule has 0 unspecified atom stereocenters. The van der Waals surface area contributed by atoms with E-state index in [1.165, 1.54) is 18.4 Å². The number of anilines is 1. The van der Waals surface area contributed by atoms with Gasteiger partial charge in [-0.15, -0.1) is 0 Å². The molecule has 1 aliphatic rings. The van der Waals surface area contributed by atoms with Gasteiger partial charge in [0.05, 0.1) is 5.69 Å². The topological polar surface area (TPSA) is 63.8 Å². The first-order chi connectivity index (χ1) is 6.63. The number of hydrazine groups is 1. The number of fused-ring (bicyclic) bond motifs is 1. The largest absolute Gasteiger partial charge is 0.292 e. The summed E-state index contributed by atoms with van der Waals surface area (Å²) in [5.74, 6) is 5.81. The Hall–Kier alpha value is -1.16. The highest BCUT2D eigenvalue weighted by molar-refractivity contribution is 5.34. The summed E-state index contributed by atoms with van der Waals surface area (Å²) < 4.78 is 0. The molecule has 0 fully saturated rings. The van der Waals surface area contributed by atoms with Crippen LogP contribution in [0.4, 0.5) is 5.95 Å². The first-order valence-corrected chi connectivity index (χ1v) is 4.96. The van der Waals surface area contributed by atoms with Crippen molar-refractivity contribution in [2.24, 2.45) is 5.84 Å². The number of nitrogens with two attached hydrogens (primary N) is 1. The van der Waals surface area contributed by atoms with Gasteiger partial charge >= 0.3 is 0 Å². The Morgan fingerprint density at radius 3 is 3.00 bits per heavy atom. The summed E-state index contributed by atoms with van der Waals surface area (Å²) in [6, 6.07) is 0. The lowest BCUT2D eigenvalue weighted by Crippen LogP contribution is -2.27. The van der Waals surface area contributed by atoms with Crippen molar-refractivity contribution in [3.05, 3.63) is 17.5 Å². The van der Waals surface area contributed by atoms with Crippen LogP contribution in [0.15, 0.2) is 6.20 Å². The molecule has 0 spiro atoms. The second-order valence-electron chi connectivity index (χ2n) is 4.45. The van der Waals surface area contributed by atoms with Gasteiger partial charge in [0, 0.05) is 11.6 Å². The zero-order valence-corrected chi connectivity index (χ0v) is 8.67. The van der Waals surface area contributed by atoms with E-state index in [1.807, 2.05) is 6.20 Å². The van der Waals surface area contributed by atoms with Crippen LogP contribution in [0, 0.1) is 0 Å². The molecule has 3 N–H and O–H groups in total. The van der Waals surface area contributed by atoms with Gasteiger partial charge in [-0.2, -0.15) is 0 Å². The molecule has 0 aliphatic heterocycles. The van der Waals surface area contributed by atoms with Crippen molar-refractivity contribution in [1.29, 1.82) is 0 Å². The molecular weight excluding hydrogens is 176 g/mol. The maximum Gasteiger partial charge on any atom is 0.237 e. The minimum absolute atomic E-state index is 0.155. The maximum absolute atomic E-state index is 5.30. The van der Waals surface area contributed by atoms with E-state index in [0.29, 0.717) is 5.95 Å². The average Bonchev–Trinajstić information content (AvgIpc) is 2.17. The van der Waals surface area contributed by atoms with Gasteiger partial charge in [-0.05, 0) is 24.8 Å². The summed E-state index contributed by atoms with van der Waals surface area (Å²) in [6.45, 7) is 4.44. The number of hydrogen-bond donors (Lipinski definition) is 2. The van der Waals surface area contributed by atoms with Crippen LogP contribution >= 0.6 is 0 Å². The molecule has 1 aromatic heterocycles. The molecule has 0 amide bonds. The lowest BCUT2D eigenvalue weighted by atomic mass is 9.76. The van der Waals surface area contributed by atoms with Gasteiger partial charge in [-0.1, -0.05) is 13.8 Å². The third-order valence-electron chi connectivity index (χ3n) is 2.88. The van der Waals surface area contributed by atoms with Crippen molar-refractivity contribution >= 4 is 5.95 Å². The lowest BCUT2D eigenvalue weighted by Gasteiger charge is -2.30. The molecule has 1 aliphatic carbocycles. The third-order valence-corrected chi connectivity index (χ3v) is 2.88. The fraction of sp³-hybridized carbons (Fsp3) is 0.600. The summed E-state index contributed by atoms with van der Waals surface area (Å²) in [5, 5.41) is 0. The van der Waals surface area contributed by atoms with E-state index in [2.05, 4.69) is 29.2 Å². The molecule has 14 heavy (non-hydrogen) atoms. The second kappa shape index (κ2) is 3.20. The van der Waals surface area contributed by atoms with Crippen LogP contribution < -0.4 is 11.3 Å². The summed E-state index contributed by atoms with van der Waals surface area (Å²) in [5.41, 5.74) is 5.06. The van der Waals surface area contributed by atoms with Gasteiger partial charge in [0.15, 0.2) is 0 Å².